The van der Waals surface area contributed by atoms with Crippen LogP contribution in [0.25, 0.3) is 0 Å². The Morgan fingerprint density at radius 2 is 2.16 bits per heavy atom. The fourth-order valence-corrected chi connectivity index (χ4v) is 6.20. The monoisotopic (exact) mass is 675 g/mol. The van der Waals surface area contributed by atoms with Crippen LogP contribution >= 0.6 is 34.9 Å². The third-order valence-corrected chi connectivity index (χ3v) is 7.54. The van der Waals surface area contributed by atoms with Crippen molar-refractivity contribution in [1.82, 2.24) is 40.6 Å². The number of aryl methyl sites for hydroxylation is 1. The zero-order valence-corrected chi connectivity index (χ0v) is 19.8. The van der Waals surface area contributed by atoms with Gasteiger partial charge in [-0.25, -0.2) is 9.48 Å². The van der Waals surface area contributed by atoms with Gasteiger partial charge in [0, 0.05) is 33.9 Å². The third kappa shape index (κ3) is 5.78. The molecule has 165 valence electrons. The van der Waals surface area contributed by atoms with Gasteiger partial charge in [-0.1, -0.05) is 23.1 Å². The van der Waals surface area contributed by atoms with Crippen LogP contribution in [0.2, 0.25) is 0 Å². The molecule has 2 atom stereocenters. The van der Waals surface area contributed by atoms with Gasteiger partial charge in [0.05, 0.1) is 0 Å². The molecule has 2 aromatic rings. The molecule has 17 heteroatoms. The van der Waals surface area contributed by atoms with Crippen LogP contribution in [-0.2, 0) is 43.3 Å². The van der Waals surface area contributed by atoms with Crippen molar-refractivity contribution in [2.75, 3.05) is 11.5 Å². The van der Waals surface area contributed by atoms with E-state index in [0.29, 0.717) is 17.1 Å². The van der Waals surface area contributed by atoms with E-state index in [0.717, 1.165) is 9.35 Å². The summed E-state index contributed by atoms with van der Waals surface area (Å²) in [5.74, 6) is -1.19. The first-order valence-electron chi connectivity index (χ1n) is 8.27. The number of fused-ring (bicyclic) bond motifs is 1. The zero-order chi connectivity index (χ0) is 20.5. The van der Waals surface area contributed by atoms with Crippen LogP contribution in [-0.4, -0.2) is 111 Å². The van der Waals surface area contributed by atoms with E-state index in [-0.39, 0.29) is 64.2 Å². The molecule has 31 heavy (non-hydrogen) atoms. The SMILES string of the molecule is Cc1nnc(SCC2=C(C(=O)O)N3C(=O)[C@@H](NC(=O)Cn4cnnn4)[C@H]3SC2)s1.[Au].[NaH]. The van der Waals surface area contributed by atoms with Crippen LogP contribution < -0.4 is 5.32 Å². The molecular formula is C14H15AuN8NaO4S3. The molecule has 2 amide bonds. The first kappa shape index (κ1) is 26.5. The molecule has 0 aromatic carbocycles. The van der Waals surface area contributed by atoms with Gasteiger partial charge >= 0.3 is 35.5 Å². The van der Waals surface area contributed by atoms with Gasteiger partial charge in [0.2, 0.25) is 5.91 Å². The minimum atomic E-state index is -1.16. The molecule has 1 saturated heterocycles. The Bertz CT molecular complexity index is 1000. The number of nitrogens with one attached hydrogen (secondary N) is 1. The quantitative estimate of drug-likeness (QED) is 0.205. The minimum absolute atomic E-state index is 0. The van der Waals surface area contributed by atoms with Crippen molar-refractivity contribution >= 4 is 82.2 Å². The zero-order valence-electron chi connectivity index (χ0n) is 15.2. The molecular weight excluding hydrogens is 660 g/mol. The number of aromatic nitrogens is 6. The van der Waals surface area contributed by atoms with Crippen LogP contribution in [0.3, 0.4) is 0 Å². The summed E-state index contributed by atoms with van der Waals surface area (Å²) in [5.41, 5.74) is 0.627. The van der Waals surface area contributed by atoms with Gasteiger partial charge in [-0.2, -0.15) is 0 Å². The van der Waals surface area contributed by atoms with Crippen molar-refractivity contribution in [2.24, 2.45) is 0 Å². The first-order chi connectivity index (χ1) is 13.9. The van der Waals surface area contributed by atoms with Gasteiger partial charge in [-0.05, 0) is 22.9 Å². The number of carbonyl (C=O) groups is 3. The second-order valence-corrected chi connectivity index (χ2v) is 9.60. The number of carbonyl (C=O) groups excluding carboxylic acids is 2. The number of nitrogens with zero attached hydrogens (tertiary/aromatic N) is 7. The number of aliphatic carboxylic acids is 1. The maximum absolute atomic E-state index is 12.6. The molecule has 4 rings (SSSR count). The van der Waals surface area contributed by atoms with Crippen LogP contribution in [0.1, 0.15) is 5.01 Å². The first-order valence-corrected chi connectivity index (χ1v) is 11.1. The van der Waals surface area contributed by atoms with E-state index in [1.54, 1.807) is 0 Å². The number of tetrazole rings is 1. The molecule has 2 N–H and O–H groups in total. The van der Waals surface area contributed by atoms with E-state index in [4.69, 9.17) is 0 Å². The van der Waals surface area contributed by atoms with Crippen LogP contribution in [0.5, 0.6) is 0 Å². The molecule has 0 unspecified atom stereocenters. The molecule has 1 radical (unpaired) electrons. The summed E-state index contributed by atoms with van der Waals surface area (Å²) in [4.78, 5) is 37.8. The number of rotatable bonds is 7. The molecule has 4 heterocycles. The average molecular weight is 675 g/mol. The van der Waals surface area contributed by atoms with Crippen molar-refractivity contribution in [3.63, 3.8) is 0 Å². The molecule has 0 saturated carbocycles. The van der Waals surface area contributed by atoms with E-state index < -0.39 is 29.2 Å². The van der Waals surface area contributed by atoms with E-state index in [1.165, 1.54) is 50.8 Å². The number of thioether (sulfide) groups is 2. The van der Waals surface area contributed by atoms with Crippen LogP contribution in [0.15, 0.2) is 21.9 Å². The van der Waals surface area contributed by atoms with Gasteiger partial charge in [-0.15, -0.1) is 27.1 Å². The molecule has 0 bridgehead atoms. The second-order valence-electron chi connectivity index (χ2n) is 6.10. The van der Waals surface area contributed by atoms with E-state index in [9.17, 15) is 19.5 Å². The Hall–Kier alpha value is -0.780. The molecule has 2 aromatic heterocycles. The summed E-state index contributed by atoms with van der Waals surface area (Å²) in [6, 6.07) is -0.779. The van der Waals surface area contributed by atoms with Crippen LogP contribution in [0.4, 0.5) is 0 Å². The number of amides is 2. The topological polar surface area (TPSA) is 156 Å². The number of carboxylic acid groups (broad SMARTS) is 1. The Labute approximate surface area is 226 Å². The predicted octanol–water partition coefficient (Wildman–Crippen LogP) is -1.29. The maximum atomic E-state index is 12.6. The molecule has 12 nitrogen and oxygen atoms in total. The van der Waals surface area contributed by atoms with Gasteiger partial charge < -0.3 is 10.4 Å². The van der Waals surface area contributed by atoms with Gasteiger partial charge in [0.25, 0.3) is 5.91 Å². The van der Waals surface area contributed by atoms with Crippen molar-refractivity contribution < 1.29 is 41.9 Å². The van der Waals surface area contributed by atoms with Crippen molar-refractivity contribution in [1.29, 1.82) is 0 Å². The number of hydrogen-bond acceptors (Lipinski definition) is 11. The second kappa shape index (κ2) is 11.4. The summed E-state index contributed by atoms with van der Waals surface area (Å²) in [6.07, 6.45) is 1.29. The Kier molecular flexibility index (Phi) is 9.72. The molecule has 2 aliphatic heterocycles. The van der Waals surface area contributed by atoms with Crippen LogP contribution in [0, 0.1) is 6.92 Å². The normalized spacial score (nSPS) is 19.6. The van der Waals surface area contributed by atoms with Gasteiger partial charge in [0.1, 0.15) is 35.0 Å². The van der Waals surface area contributed by atoms with E-state index in [1.807, 2.05) is 6.92 Å². The summed E-state index contributed by atoms with van der Waals surface area (Å²) in [7, 11) is 0. The van der Waals surface area contributed by atoms with E-state index in [2.05, 4.69) is 31.0 Å². The fourth-order valence-electron chi connectivity index (χ4n) is 2.90. The summed E-state index contributed by atoms with van der Waals surface area (Å²) in [5, 5.41) is 31.1. The summed E-state index contributed by atoms with van der Waals surface area (Å²) >= 11 is 4.24. The Balaban J connectivity index is 0.00000171. The molecule has 0 aliphatic carbocycles. The predicted molar refractivity (Wildman–Crippen MR) is 110 cm³/mol. The number of hydrogen-bond donors (Lipinski definition) is 2. The van der Waals surface area contributed by atoms with Gasteiger partial charge in [-0.3, -0.25) is 14.5 Å². The van der Waals surface area contributed by atoms with E-state index >= 15 is 0 Å². The van der Waals surface area contributed by atoms with Crippen molar-refractivity contribution in [3.05, 3.63) is 22.6 Å². The molecule has 0 spiro atoms. The molecule has 1 fully saturated rings. The average Bonchev–Trinajstić information content (AvgIpc) is 3.35. The Morgan fingerprint density at radius 1 is 1.39 bits per heavy atom. The standard InChI is InChI=1S/C14H14N8O4S3.Au.Na.H/c1-6-17-18-14(29-6)28-4-7-3-27-12-9(11(24)22(12)10(7)13(25)26)16-8(23)2-21-5-15-19-20-21;;;/h5,9,12H,2-4H2,1H3,(H,16,23)(H,25,26);;;/t9-,12-;;;/m1.../s1. The van der Waals surface area contributed by atoms with Gasteiger partial charge in [0.15, 0.2) is 4.34 Å². The number of carboxylic acids is 1. The Morgan fingerprint density at radius 3 is 2.77 bits per heavy atom. The summed E-state index contributed by atoms with van der Waals surface area (Å²) < 4.78 is 1.98. The fraction of sp³-hybridized carbons (Fsp3) is 0.429. The third-order valence-electron chi connectivity index (χ3n) is 4.14. The summed E-state index contributed by atoms with van der Waals surface area (Å²) in [6.45, 7) is 1.72. The van der Waals surface area contributed by atoms with Crippen molar-refractivity contribution in [3.8, 4) is 0 Å². The van der Waals surface area contributed by atoms with Crippen molar-refractivity contribution in [2.45, 2.75) is 29.2 Å². The molecule has 2 aliphatic rings. The number of β-lactam (4-membered cyclic amide) rings is 1.